The normalized spacial score (nSPS) is 43.7. The van der Waals surface area contributed by atoms with Crippen LogP contribution in [0.4, 0.5) is 0 Å². The molecule has 3 aliphatic rings. The smallest absolute Gasteiger partial charge is 0.342 e. The highest BCUT2D eigenvalue weighted by Crippen LogP contribution is 2.45. The topological polar surface area (TPSA) is 108 Å². The van der Waals surface area contributed by atoms with Crippen LogP contribution in [-0.4, -0.2) is 56.0 Å². The van der Waals surface area contributed by atoms with Gasteiger partial charge in [-0.15, -0.1) is 0 Å². The highest BCUT2D eigenvalue weighted by molar-refractivity contribution is 7.51. The van der Waals surface area contributed by atoms with Crippen LogP contribution >= 0.6 is 7.75 Å². The maximum absolute atomic E-state index is 11.7. The third-order valence-corrected chi connectivity index (χ3v) is 4.94. The molecule has 23 heavy (non-hydrogen) atoms. The van der Waals surface area contributed by atoms with Gasteiger partial charge in [-0.05, 0) is 27.7 Å². The van der Waals surface area contributed by atoms with Crippen molar-refractivity contribution in [3.8, 4) is 0 Å². The molecule has 0 aromatic rings. The molecule has 2 N–H and O–H groups in total. The summed E-state index contributed by atoms with van der Waals surface area (Å²) in [6.45, 7) is 7.14. The molecule has 3 fully saturated rings. The van der Waals surface area contributed by atoms with Gasteiger partial charge in [0.25, 0.3) is 0 Å². The van der Waals surface area contributed by atoms with Crippen molar-refractivity contribution in [1.82, 2.24) is 0 Å². The second-order valence-electron chi connectivity index (χ2n) is 6.73. The Hall–Kier alpha value is -0.0900. The van der Waals surface area contributed by atoms with Crippen LogP contribution in [0.15, 0.2) is 0 Å². The van der Waals surface area contributed by atoms with E-state index in [9.17, 15) is 4.57 Å². The van der Waals surface area contributed by atoms with E-state index >= 15 is 0 Å². The molecule has 3 heterocycles. The fraction of sp³-hybridized carbons (Fsp3) is 1.00. The van der Waals surface area contributed by atoms with Crippen LogP contribution in [0.3, 0.4) is 0 Å². The second-order valence-corrected chi connectivity index (χ2v) is 8.43. The summed E-state index contributed by atoms with van der Waals surface area (Å²) in [5.41, 5.74) is 5.40. The summed E-state index contributed by atoms with van der Waals surface area (Å²) in [6.07, 6.45) is -2.47. The maximum Gasteiger partial charge on any atom is 0.402 e. The number of nitrogens with two attached hydrogens (primary N) is 1. The van der Waals surface area contributed by atoms with Crippen LogP contribution in [0.5, 0.6) is 0 Å². The Morgan fingerprint density at radius 3 is 2.22 bits per heavy atom. The number of hydrogen-bond acceptors (Lipinski definition) is 8. The third-order valence-electron chi connectivity index (χ3n) is 3.92. The standard InChI is InChI=1S/C13H24NO8P/c1-12(2)19-8-7(6-17-23(14,15)16-5)18-11-10(9(8)20-12)21-13(3,4)22-11/h7-11H,6H2,1-5H3,(H2,14,15)/t7-,8+,9+,10-,11-,23?/m1/s1. The SMILES string of the molecule is COP(N)(=O)OC[C@H]1O[C@@H]2OC(C)(C)O[C@@H]2[C@H]2OC(C)(C)O[C@H]21. The molecule has 9 nitrogen and oxygen atoms in total. The highest BCUT2D eigenvalue weighted by Gasteiger charge is 2.60. The molecule has 0 spiro atoms. The van der Waals surface area contributed by atoms with Gasteiger partial charge in [0.2, 0.25) is 0 Å². The van der Waals surface area contributed by atoms with Crippen molar-refractivity contribution in [2.24, 2.45) is 5.50 Å². The highest BCUT2D eigenvalue weighted by atomic mass is 31.2. The molecular formula is C13H24NO8P. The lowest BCUT2D eigenvalue weighted by atomic mass is 9.99. The van der Waals surface area contributed by atoms with Crippen LogP contribution in [0.2, 0.25) is 0 Å². The van der Waals surface area contributed by atoms with Gasteiger partial charge in [-0.3, -0.25) is 4.52 Å². The fourth-order valence-electron chi connectivity index (χ4n) is 3.06. The Balaban J connectivity index is 1.77. The first-order valence-corrected chi connectivity index (χ1v) is 9.09. The van der Waals surface area contributed by atoms with Crippen molar-refractivity contribution >= 4 is 7.75 Å². The minimum atomic E-state index is -3.61. The molecule has 0 aromatic heterocycles. The largest absolute Gasteiger partial charge is 0.402 e. The van der Waals surface area contributed by atoms with E-state index in [1.165, 1.54) is 7.11 Å². The monoisotopic (exact) mass is 353 g/mol. The number of fused-ring (bicyclic) bond motifs is 3. The van der Waals surface area contributed by atoms with E-state index in [1.54, 1.807) is 13.8 Å². The van der Waals surface area contributed by atoms with Crippen molar-refractivity contribution in [1.29, 1.82) is 0 Å². The van der Waals surface area contributed by atoms with Crippen LogP contribution in [-0.2, 0) is 37.3 Å². The van der Waals surface area contributed by atoms with E-state index in [-0.39, 0.29) is 12.7 Å². The Bertz CT molecular complexity index is 512. The summed E-state index contributed by atoms with van der Waals surface area (Å²) in [5.74, 6) is -1.59. The molecule has 0 aliphatic carbocycles. The molecule has 0 amide bonds. The molecule has 134 valence electrons. The predicted octanol–water partition coefficient (Wildman–Crippen LogP) is 1.11. The lowest BCUT2D eigenvalue weighted by Crippen LogP contribution is -2.56. The van der Waals surface area contributed by atoms with Gasteiger partial charge in [0.1, 0.15) is 24.4 Å². The van der Waals surface area contributed by atoms with E-state index in [0.717, 1.165) is 0 Å². The molecule has 0 radical (unpaired) electrons. The van der Waals surface area contributed by atoms with Gasteiger partial charge >= 0.3 is 7.75 Å². The molecule has 0 saturated carbocycles. The quantitative estimate of drug-likeness (QED) is 0.744. The first-order valence-electron chi connectivity index (χ1n) is 7.48. The first-order chi connectivity index (χ1) is 10.5. The van der Waals surface area contributed by atoms with Crippen molar-refractivity contribution in [3.63, 3.8) is 0 Å². The lowest BCUT2D eigenvalue weighted by molar-refractivity contribution is -0.238. The molecule has 1 unspecified atom stereocenters. The Morgan fingerprint density at radius 1 is 1.00 bits per heavy atom. The molecule has 10 heteroatoms. The van der Waals surface area contributed by atoms with E-state index in [4.69, 9.17) is 33.7 Å². The molecule has 0 bridgehead atoms. The minimum absolute atomic E-state index is 0.0742. The Kier molecular flexibility index (Phi) is 4.41. The van der Waals surface area contributed by atoms with Gasteiger partial charge in [0.15, 0.2) is 17.9 Å². The molecule has 3 saturated heterocycles. The van der Waals surface area contributed by atoms with Crippen LogP contribution in [0.25, 0.3) is 0 Å². The van der Waals surface area contributed by atoms with E-state index in [2.05, 4.69) is 4.52 Å². The van der Waals surface area contributed by atoms with Crippen LogP contribution in [0.1, 0.15) is 27.7 Å². The maximum atomic E-state index is 11.7. The first kappa shape index (κ1) is 17.7. The van der Waals surface area contributed by atoms with Gasteiger partial charge in [0.05, 0.1) is 6.61 Å². The molecule has 0 aromatic carbocycles. The van der Waals surface area contributed by atoms with Gasteiger partial charge in [0, 0.05) is 7.11 Å². The van der Waals surface area contributed by atoms with Crippen molar-refractivity contribution in [2.75, 3.05) is 13.7 Å². The Labute approximate surface area is 135 Å². The average molecular weight is 353 g/mol. The molecule has 3 rings (SSSR count). The zero-order valence-electron chi connectivity index (χ0n) is 13.9. The summed E-state index contributed by atoms with van der Waals surface area (Å²) in [6, 6.07) is 0. The second kappa shape index (κ2) is 5.72. The predicted molar refractivity (Wildman–Crippen MR) is 77.3 cm³/mol. The minimum Gasteiger partial charge on any atom is -0.342 e. The third kappa shape index (κ3) is 3.63. The van der Waals surface area contributed by atoms with Crippen molar-refractivity contribution in [3.05, 3.63) is 0 Å². The van der Waals surface area contributed by atoms with Gasteiger partial charge in [-0.1, -0.05) is 0 Å². The van der Waals surface area contributed by atoms with E-state index in [0.29, 0.717) is 0 Å². The summed E-state index contributed by atoms with van der Waals surface area (Å²) in [7, 11) is -2.39. The average Bonchev–Trinajstić information content (AvgIpc) is 2.90. The molecule has 3 aliphatic heterocycles. The lowest BCUT2D eigenvalue weighted by Gasteiger charge is -2.37. The van der Waals surface area contributed by atoms with E-state index in [1.807, 2.05) is 13.8 Å². The number of hydrogen-bond donors (Lipinski definition) is 1. The van der Waals surface area contributed by atoms with Gasteiger partial charge in [-0.2, -0.15) is 0 Å². The zero-order chi connectivity index (χ0) is 17.0. The summed E-state index contributed by atoms with van der Waals surface area (Å²) < 4.78 is 50.9. The van der Waals surface area contributed by atoms with E-state index < -0.39 is 43.9 Å². The van der Waals surface area contributed by atoms with Crippen molar-refractivity contribution in [2.45, 2.75) is 70.0 Å². The summed E-state index contributed by atoms with van der Waals surface area (Å²) in [5, 5.41) is 0. The molecular weight excluding hydrogens is 329 g/mol. The number of rotatable bonds is 4. The summed E-state index contributed by atoms with van der Waals surface area (Å²) in [4.78, 5) is 0. The molecule has 6 atom stereocenters. The fourth-order valence-corrected chi connectivity index (χ4v) is 3.52. The van der Waals surface area contributed by atoms with Crippen LogP contribution < -0.4 is 5.50 Å². The van der Waals surface area contributed by atoms with Gasteiger partial charge < -0.3 is 28.2 Å². The number of ether oxygens (including phenoxy) is 5. The summed E-state index contributed by atoms with van der Waals surface area (Å²) >= 11 is 0. The Morgan fingerprint density at radius 2 is 1.57 bits per heavy atom. The van der Waals surface area contributed by atoms with Crippen LogP contribution in [0, 0.1) is 0 Å². The zero-order valence-corrected chi connectivity index (χ0v) is 14.8. The van der Waals surface area contributed by atoms with Gasteiger partial charge in [-0.25, -0.2) is 10.1 Å². The van der Waals surface area contributed by atoms with Crippen molar-refractivity contribution < 1.29 is 37.3 Å².